The predicted molar refractivity (Wildman–Crippen MR) is 96.4 cm³/mol. The molecule has 0 spiro atoms. The zero-order chi connectivity index (χ0) is 21.6. The molecule has 0 atom stereocenters. The van der Waals surface area contributed by atoms with Gasteiger partial charge in [0.2, 0.25) is 0 Å². The minimum atomic E-state index is -3.21. The van der Waals surface area contributed by atoms with Crippen LogP contribution in [0.4, 0.5) is 20.2 Å². The van der Waals surface area contributed by atoms with Crippen LogP contribution in [0.3, 0.4) is 0 Å². The topological polar surface area (TPSA) is 117 Å². The van der Waals surface area contributed by atoms with E-state index in [0.29, 0.717) is 5.56 Å². The molecular weight excluding hydrogens is 394 g/mol. The second kappa shape index (κ2) is 9.44. The number of nitrogens with zero attached hydrogens (tertiary/aromatic N) is 1. The average molecular weight is 410 g/mol. The van der Waals surface area contributed by atoms with Gasteiger partial charge in [-0.1, -0.05) is 12.1 Å². The molecule has 1 amide bonds. The van der Waals surface area contributed by atoms with E-state index in [1.807, 2.05) is 0 Å². The van der Waals surface area contributed by atoms with Crippen LogP contribution >= 0.6 is 0 Å². The number of nitro groups is 1. The predicted octanol–water partition coefficient (Wildman–Crippen LogP) is 3.31. The molecule has 11 heteroatoms. The van der Waals surface area contributed by atoms with Crippen molar-refractivity contribution in [2.45, 2.75) is 13.5 Å². The minimum Gasteiger partial charge on any atom is -0.493 e. The van der Waals surface area contributed by atoms with Gasteiger partial charge in [-0.2, -0.15) is 8.78 Å². The maximum Gasteiger partial charge on any atom is 0.387 e. The van der Waals surface area contributed by atoms with E-state index in [9.17, 15) is 28.5 Å². The summed E-state index contributed by atoms with van der Waals surface area (Å²) in [4.78, 5) is 34.5. The summed E-state index contributed by atoms with van der Waals surface area (Å²) in [6.45, 7) is -2.35. The molecule has 2 aromatic carbocycles. The van der Waals surface area contributed by atoms with Gasteiger partial charge in [-0.05, 0) is 24.6 Å². The molecule has 9 nitrogen and oxygen atoms in total. The van der Waals surface area contributed by atoms with Crippen LogP contribution in [0.1, 0.15) is 15.9 Å². The molecule has 0 fully saturated rings. The van der Waals surface area contributed by atoms with Gasteiger partial charge in [0.25, 0.3) is 11.6 Å². The molecule has 29 heavy (non-hydrogen) atoms. The second-order valence-electron chi connectivity index (χ2n) is 5.60. The van der Waals surface area contributed by atoms with Crippen molar-refractivity contribution in [2.24, 2.45) is 0 Å². The third-order valence-corrected chi connectivity index (χ3v) is 3.67. The third-order valence-electron chi connectivity index (χ3n) is 3.67. The number of carbonyl (C=O) groups excluding carboxylic acids is 2. The first-order chi connectivity index (χ1) is 13.7. The Hall–Kier alpha value is -3.76. The highest BCUT2D eigenvalue weighted by Crippen LogP contribution is 2.33. The lowest BCUT2D eigenvalue weighted by Crippen LogP contribution is -2.22. The van der Waals surface area contributed by atoms with Crippen LogP contribution in [0, 0.1) is 17.0 Å². The number of para-hydroxylation sites is 1. The number of hydrogen-bond acceptors (Lipinski definition) is 7. The molecule has 154 valence electrons. The van der Waals surface area contributed by atoms with Crippen LogP contribution in [0.25, 0.3) is 0 Å². The van der Waals surface area contributed by atoms with Crippen LogP contribution in [0.15, 0.2) is 36.4 Å². The van der Waals surface area contributed by atoms with Crippen LogP contribution in [-0.2, 0) is 9.53 Å². The Kier molecular flexibility index (Phi) is 7.01. The fourth-order valence-electron chi connectivity index (χ4n) is 2.30. The summed E-state index contributed by atoms with van der Waals surface area (Å²) in [5, 5.41) is 13.2. The smallest absolute Gasteiger partial charge is 0.387 e. The summed E-state index contributed by atoms with van der Waals surface area (Å²) in [5.41, 5.74) is 0.135. The Labute approximate surface area is 163 Å². The summed E-state index contributed by atoms with van der Waals surface area (Å²) in [5.74, 6) is -2.51. The van der Waals surface area contributed by atoms with E-state index in [-0.39, 0.29) is 22.7 Å². The van der Waals surface area contributed by atoms with Crippen LogP contribution < -0.4 is 14.8 Å². The minimum absolute atomic E-state index is 0.114. The number of methoxy groups -OCH3 is 1. The molecule has 2 aromatic rings. The van der Waals surface area contributed by atoms with Gasteiger partial charge in [0, 0.05) is 12.1 Å². The van der Waals surface area contributed by atoms with Crippen molar-refractivity contribution in [1.82, 2.24) is 0 Å². The van der Waals surface area contributed by atoms with Gasteiger partial charge < -0.3 is 19.5 Å². The molecule has 0 aliphatic rings. The van der Waals surface area contributed by atoms with Crippen LogP contribution in [0.2, 0.25) is 0 Å². The SMILES string of the molecule is COc1cccc(C(=O)OCC(=O)Nc2cc([N+](=O)[O-])ccc2C)c1OC(F)F. The molecule has 0 saturated carbocycles. The number of benzene rings is 2. The van der Waals surface area contributed by atoms with E-state index >= 15 is 0 Å². The van der Waals surface area contributed by atoms with E-state index in [1.54, 1.807) is 6.92 Å². The second-order valence-corrected chi connectivity index (χ2v) is 5.60. The maximum absolute atomic E-state index is 12.6. The fraction of sp³-hybridized carbons (Fsp3) is 0.222. The number of carbonyl (C=O) groups is 2. The molecular formula is C18H16F2N2O7. The van der Waals surface area contributed by atoms with Gasteiger partial charge in [-0.3, -0.25) is 14.9 Å². The maximum atomic E-state index is 12.6. The zero-order valence-electron chi connectivity index (χ0n) is 15.3. The highest BCUT2D eigenvalue weighted by Gasteiger charge is 2.22. The van der Waals surface area contributed by atoms with Gasteiger partial charge in [0.05, 0.1) is 17.7 Å². The van der Waals surface area contributed by atoms with Gasteiger partial charge in [0.1, 0.15) is 5.56 Å². The van der Waals surface area contributed by atoms with Crippen molar-refractivity contribution in [1.29, 1.82) is 0 Å². The summed E-state index contributed by atoms with van der Waals surface area (Å²) in [6, 6.07) is 7.73. The molecule has 2 rings (SSSR count). The molecule has 1 N–H and O–H groups in total. The van der Waals surface area contributed by atoms with E-state index < -0.39 is 35.8 Å². The highest BCUT2D eigenvalue weighted by molar-refractivity contribution is 5.97. The number of nitro benzene ring substituents is 1. The van der Waals surface area contributed by atoms with Crippen molar-refractivity contribution in [3.63, 3.8) is 0 Å². The number of amides is 1. The normalized spacial score (nSPS) is 10.4. The molecule has 0 saturated heterocycles. The number of non-ortho nitro benzene ring substituents is 1. The Morgan fingerprint density at radius 2 is 1.97 bits per heavy atom. The number of ether oxygens (including phenoxy) is 3. The number of rotatable bonds is 8. The molecule has 0 aromatic heterocycles. The lowest BCUT2D eigenvalue weighted by molar-refractivity contribution is -0.384. The largest absolute Gasteiger partial charge is 0.493 e. The third kappa shape index (κ3) is 5.61. The van der Waals surface area contributed by atoms with E-state index in [2.05, 4.69) is 10.1 Å². The van der Waals surface area contributed by atoms with E-state index in [0.717, 1.165) is 6.07 Å². The molecule has 0 aliphatic heterocycles. The number of anilines is 1. The lowest BCUT2D eigenvalue weighted by Gasteiger charge is -2.14. The van der Waals surface area contributed by atoms with Gasteiger partial charge in [-0.25, -0.2) is 4.79 Å². The highest BCUT2D eigenvalue weighted by atomic mass is 19.3. The van der Waals surface area contributed by atoms with Gasteiger partial charge >= 0.3 is 12.6 Å². The number of alkyl halides is 2. The van der Waals surface area contributed by atoms with E-state index in [1.165, 1.54) is 37.4 Å². The summed E-state index contributed by atoms with van der Waals surface area (Å²) < 4.78 is 39.3. The average Bonchev–Trinajstić information content (AvgIpc) is 2.67. The van der Waals surface area contributed by atoms with Gasteiger partial charge in [0.15, 0.2) is 18.1 Å². The van der Waals surface area contributed by atoms with Crippen molar-refractivity contribution in [3.8, 4) is 11.5 Å². The first kappa shape index (κ1) is 21.5. The monoisotopic (exact) mass is 410 g/mol. The molecule has 0 bridgehead atoms. The lowest BCUT2D eigenvalue weighted by atomic mass is 10.2. The van der Waals surface area contributed by atoms with Crippen molar-refractivity contribution < 1.29 is 37.5 Å². The summed E-state index contributed by atoms with van der Waals surface area (Å²) in [7, 11) is 1.21. The summed E-state index contributed by atoms with van der Waals surface area (Å²) >= 11 is 0. The Morgan fingerprint density at radius 3 is 2.59 bits per heavy atom. The fourth-order valence-corrected chi connectivity index (χ4v) is 2.30. The molecule has 0 heterocycles. The van der Waals surface area contributed by atoms with Crippen molar-refractivity contribution >= 4 is 23.3 Å². The first-order valence-corrected chi connectivity index (χ1v) is 8.06. The number of esters is 1. The molecule has 0 aliphatic carbocycles. The number of aryl methyl sites for hydroxylation is 1. The number of hydrogen-bond donors (Lipinski definition) is 1. The zero-order valence-corrected chi connectivity index (χ0v) is 15.3. The first-order valence-electron chi connectivity index (χ1n) is 8.06. The van der Waals surface area contributed by atoms with Crippen LogP contribution in [0.5, 0.6) is 11.5 Å². The Balaban J connectivity index is 2.09. The van der Waals surface area contributed by atoms with Crippen molar-refractivity contribution in [3.05, 3.63) is 57.6 Å². The Bertz CT molecular complexity index is 934. The quantitative estimate of drug-likeness (QED) is 0.403. The number of nitrogens with one attached hydrogen (secondary N) is 1. The van der Waals surface area contributed by atoms with E-state index in [4.69, 9.17) is 9.47 Å². The Morgan fingerprint density at radius 1 is 1.24 bits per heavy atom. The number of halogens is 2. The standard InChI is InChI=1S/C18H16F2N2O7/c1-10-6-7-11(22(25)26)8-13(10)21-15(23)9-28-17(24)12-4-3-5-14(27-2)16(12)29-18(19)20/h3-8,18H,9H2,1-2H3,(H,21,23). The van der Waals surface area contributed by atoms with Crippen LogP contribution in [-0.4, -0.2) is 37.1 Å². The summed E-state index contributed by atoms with van der Waals surface area (Å²) in [6.07, 6.45) is 0. The molecule has 0 unspecified atom stereocenters. The van der Waals surface area contributed by atoms with Gasteiger partial charge in [-0.15, -0.1) is 0 Å². The van der Waals surface area contributed by atoms with Crippen molar-refractivity contribution in [2.75, 3.05) is 19.0 Å². The molecule has 0 radical (unpaired) electrons.